The summed E-state index contributed by atoms with van der Waals surface area (Å²) in [6.07, 6.45) is 1.10. The SMILES string of the molecule is C=C1CCC(N2Cc3cc(O[C@@H]4COC[C@H]4N)ccc3C2=O)C(=O)N1. The lowest BCUT2D eigenvalue weighted by Crippen LogP contribution is -2.49. The highest BCUT2D eigenvalue weighted by molar-refractivity contribution is 6.01. The second-order valence-electron chi connectivity index (χ2n) is 6.76. The lowest BCUT2D eigenvalue weighted by atomic mass is 10.0. The Labute approximate surface area is 145 Å². The second kappa shape index (κ2) is 6.16. The van der Waals surface area contributed by atoms with Gasteiger partial charge in [-0.2, -0.15) is 0 Å². The van der Waals surface area contributed by atoms with Gasteiger partial charge in [0.25, 0.3) is 5.91 Å². The minimum atomic E-state index is -0.452. The number of ether oxygens (including phenoxy) is 2. The summed E-state index contributed by atoms with van der Waals surface area (Å²) in [5.41, 5.74) is 8.14. The number of amides is 2. The molecule has 0 aliphatic carbocycles. The maximum Gasteiger partial charge on any atom is 0.255 e. The summed E-state index contributed by atoms with van der Waals surface area (Å²) in [6.45, 7) is 5.14. The molecule has 3 heterocycles. The zero-order valence-electron chi connectivity index (χ0n) is 13.9. The Balaban J connectivity index is 1.51. The Kier molecular flexibility index (Phi) is 3.97. The number of piperidine rings is 1. The minimum absolute atomic E-state index is 0.116. The molecule has 2 saturated heterocycles. The van der Waals surface area contributed by atoms with Gasteiger partial charge >= 0.3 is 0 Å². The highest BCUT2D eigenvalue weighted by atomic mass is 16.5. The maximum atomic E-state index is 12.7. The summed E-state index contributed by atoms with van der Waals surface area (Å²) in [7, 11) is 0. The smallest absolute Gasteiger partial charge is 0.255 e. The van der Waals surface area contributed by atoms with Crippen molar-refractivity contribution in [1.29, 1.82) is 0 Å². The predicted octanol–water partition coefficient (Wildman–Crippen LogP) is 0.540. The first-order valence-corrected chi connectivity index (χ1v) is 8.45. The molecule has 2 fully saturated rings. The van der Waals surface area contributed by atoms with Gasteiger partial charge in [0, 0.05) is 17.8 Å². The van der Waals surface area contributed by atoms with Crippen molar-refractivity contribution in [3.8, 4) is 5.75 Å². The van der Waals surface area contributed by atoms with E-state index in [1.165, 1.54) is 0 Å². The lowest BCUT2D eigenvalue weighted by Gasteiger charge is -2.30. The molecule has 4 rings (SSSR count). The van der Waals surface area contributed by atoms with Gasteiger partial charge in [-0.05, 0) is 36.6 Å². The molecule has 0 aromatic heterocycles. The van der Waals surface area contributed by atoms with Crippen molar-refractivity contribution in [2.45, 2.75) is 37.6 Å². The number of hydrogen-bond acceptors (Lipinski definition) is 5. The molecule has 3 aliphatic rings. The molecule has 0 bridgehead atoms. The lowest BCUT2D eigenvalue weighted by molar-refractivity contribution is -0.126. The predicted molar refractivity (Wildman–Crippen MR) is 89.8 cm³/mol. The van der Waals surface area contributed by atoms with Gasteiger partial charge < -0.3 is 25.4 Å². The Morgan fingerprint density at radius 2 is 2.16 bits per heavy atom. The first kappa shape index (κ1) is 16.1. The Hall–Kier alpha value is -2.38. The van der Waals surface area contributed by atoms with Crippen LogP contribution in [0.2, 0.25) is 0 Å². The number of carbonyl (C=O) groups excluding carboxylic acids is 2. The van der Waals surface area contributed by atoms with Crippen LogP contribution in [0.1, 0.15) is 28.8 Å². The van der Waals surface area contributed by atoms with E-state index in [0.29, 0.717) is 49.6 Å². The second-order valence-corrected chi connectivity index (χ2v) is 6.76. The normalized spacial score (nSPS) is 28.9. The zero-order chi connectivity index (χ0) is 17.6. The summed E-state index contributed by atoms with van der Waals surface area (Å²) in [6, 6.07) is 4.79. The molecule has 1 unspecified atom stereocenters. The summed E-state index contributed by atoms with van der Waals surface area (Å²) in [5, 5.41) is 2.74. The van der Waals surface area contributed by atoms with E-state index in [9.17, 15) is 9.59 Å². The van der Waals surface area contributed by atoms with Gasteiger partial charge in [-0.15, -0.1) is 0 Å². The minimum Gasteiger partial charge on any atom is -0.486 e. The van der Waals surface area contributed by atoms with Gasteiger partial charge in [-0.25, -0.2) is 0 Å². The first-order chi connectivity index (χ1) is 12.0. The molecule has 0 saturated carbocycles. The van der Waals surface area contributed by atoms with Gasteiger partial charge in [0.15, 0.2) is 0 Å². The standard InChI is InChI=1S/C18H21N3O4/c1-10-2-5-15(17(22)20-10)21-7-11-6-12(3-4-13(11)18(21)23)25-16-9-24-8-14(16)19/h3-4,6,14-16H,1-2,5,7-9,19H2,(H,20,22)/t14-,15?,16-/m1/s1. The van der Waals surface area contributed by atoms with Crippen LogP contribution in [0.4, 0.5) is 0 Å². The van der Waals surface area contributed by atoms with Gasteiger partial charge in [0.1, 0.15) is 17.9 Å². The summed E-state index contributed by atoms with van der Waals surface area (Å²) in [5.74, 6) is 0.388. The van der Waals surface area contributed by atoms with Crippen LogP contribution in [0.5, 0.6) is 5.75 Å². The third-order valence-corrected chi connectivity index (χ3v) is 4.96. The molecule has 3 aliphatic heterocycles. The van der Waals surface area contributed by atoms with Crippen molar-refractivity contribution in [2.24, 2.45) is 5.73 Å². The van der Waals surface area contributed by atoms with Crippen LogP contribution in [-0.2, 0) is 16.1 Å². The molecule has 0 spiro atoms. The zero-order valence-corrected chi connectivity index (χ0v) is 13.9. The highest BCUT2D eigenvalue weighted by Crippen LogP contribution is 2.31. The molecule has 7 heteroatoms. The number of benzene rings is 1. The van der Waals surface area contributed by atoms with Crippen LogP contribution < -0.4 is 15.8 Å². The number of rotatable bonds is 3. The average molecular weight is 343 g/mol. The number of nitrogens with zero attached hydrogens (tertiary/aromatic N) is 1. The molecule has 3 N–H and O–H groups in total. The van der Waals surface area contributed by atoms with Crippen molar-refractivity contribution < 1.29 is 19.1 Å². The fourth-order valence-electron chi connectivity index (χ4n) is 3.55. The summed E-state index contributed by atoms with van der Waals surface area (Å²) < 4.78 is 11.2. The molecular formula is C18H21N3O4. The van der Waals surface area contributed by atoms with E-state index in [1.54, 1.807) is 17.0 Å². The number of hydrogen-bond donors (Lipinski definition) is 2. The average Bonchev–Trinajstić information content (AvgIpc) is 3.12. The monoisotopic (exact) mass is 343 g/mol. The van der Waals surface area contributed by atoms with Crippen LogP contribution >= 0.6 is 0 Å². The molecular weight excluding hydrogens is 322 g/mol. The number of carbonyl (C=O) groups is 2. The van der Waals surface area contributed by atoms with Crippen LogP contribution in [0.3, 0.4) is 0 Å². The highest BCUT2D eigenvalue weighted by Gasteiger charge is 2.38. The van der Waals surface area contributed by atoms with Gasteiger partial charge in [0.2, 0.25) is 5.91 Å². The molecule has 25 heavy (non-hydrogen) atoms. The van der Waals surface area contributed by atoms with E-state index in [4.69, 9.17) is 15.2 Å². The number of nitrogens with one attached hydrogen (secondary N) is 1. The van der Waals surface area contributed by atoms with Crippen LogP contribution in [0.25, 0.3) is 0 Å². The molecule has 1 aromatic carbocycles. The van der Waals surface area contributed by atoms with Crippen LogP contribution in [0.15, 0.2) is 30.5 Å². The molecule has 0 radical (unpaired) electrons. The van der Waals surface area contributed by atoms with E-state index in [2.05, 4.69) is 11.9 Å². The quantitative estimate of drug-likeness (QED) is 0.835. The maximum absolute atomic E-state index is 12.7. The third-order valence-electron chi connectivity index (χ3n) is 4.96. The largest absolute Gasteiger partial charge is 0.486 e. The van der Waals surface area contributed by atoms with Crippen molar-refractivity contribution in [3.05, 3.63) is 41.6 Å². The number of allylic oxidation sites excluding steroid dienone is 1. The fraction of sp³-hybridized carbons (Fsp3) is 0.444. The van der Waals surface area contributed by atoms with E-state index in [0.717, 1.165) is 5.56 Å². The molecule has 132 valence electrons. The van der Waals surface area contributed by atoms with E-state index in [1.807, 2.05) is 6.07 Å². The Morgan fingerprint density at radius 3 is 2.88 bits per heavy atom. The topological polar surface area (TPSA) is 93.9 Å². The number of nitrogens with two attached hydrogens (primary N) is 1. The van der Waals surface area contributed by atoms with Gasteiger partial charge in [0.05, 0.1) is 19.3 Å². The third kappa shape index (κ3) is 2.89. The van der Waals surface area contributed by atoms with Crippen molar-refractivity contribution >= 4 is 11.8 Å². The summed E-state index contributed by atoms with van der Waals surface area (Å²) >= 11 is 0. The van der Waals surface area contributed by atoms with Gasteiger partial charge in [-0.1, -0.05) is 6.58 Å². The molecule has 2 amide bonds. The fourth-order valence-corrected chi connectivity index (χ4v) is 3.55. The Morgan fingerprint density at radius 1 is 1.32 bits per heavy atom. The summed E-state index contributed by atoms with van der Waals surface area (Å²) in [4.78, 5) is 26.5. The van der Waals surface area contributed by atoms with Crippen molar-refractivity contribution in [2.75, 3.05) is 13.2 Å². The number of fused-ring (bicyclic) bond motifs is 1. The van der Waals surface area contributed by atoms with Crippen molar-refractivity contribution in [1.82, 2.24) is 10.2 Å². The Bertz CT molecular complexity index is 748. The first-order valence-electron chi connectivity index (χ1n) is 8.45. The van der Waals surface area contributed by atoms with Gasteiger partial charge in [-0.3, -0.25) is 9.59 Å². The molecule has 7 nitrogen and oxygen atoms in total. The van der Waals surface area contributed by atoms with E-state index < -0.39 is 6.04 Å². The van der Waals surface area contributed by atoms with E-state index in [-0.39, 0.29) is 24.0 Å². The van der Waals surface area contributed by atoms with Crippen molar-refractivity contribution in [3.63, 3.8) is 0 Å². The van der Waals surface area contributed by atoms with Crippen LogP contribution in [0, 0.1) is 0 Å². The molecule has 1 aromatic rings. The molecule has 3 atom stereocenters. The van der Waals surface area contributed by atoms with Crippen LogP contribution in [-0.4, -0.2) is 48.1 Å². The van der Waals surface area contributed by atoms with E-state index >= 15 is 0 Å².